The Kier molecular flexibility index (Phi) is 14.5. The van der Waals surface area contributed by atoms with E-state index in [9.17, 15) is 0 Å². The molecule has 0 N–H and O–H groups in total. The fourth-order valence-electron chi connectivity index (χ4n) is 9.82. The molecule has 0 bridgehead atoms. The molecule has 0 atom stereocenters. The molecule has 2 heteroatoms. The second kappa shape index (κ2) is 22.5. The molecule has 0 radical (unpaired) electrons. The Bertz CT molecular complexity index is 3890. The van der Waals surface area contributed by atoms with Crippen molar-refractivity contribution in [3.63, 3.8) is 0 Å². The Morgan fingerprint density at radius 1 is 0.360 bits per heavy atom. The second-order valence-electron chi connectivity index (χ2n) is 18.5. The highest BCUT2D eigenvalue weighted by molar-refractivity contribution is 7.24. The van der Waals surface area contributed by atoms with E-state index in [2.05, 4.69) is 268 Å². The normalized spacial score (nSPS) is 11.5. The van der Waals surface area contributed by atoms with Gasteiger partial charge in [0.2, 0.25) is 0 Å². The summed E-state index contributed by atoms with van der Waals surface area (Å²) in [5.41, 5.74) is 17.4. The standard InChI is InChI=1S/C73H54S2/c1-4-5-10-21-51(2)32-33-52(3)68-44-46-70(74-68)71-47-45-69(75-71)61-42-43-64-67(50-61)73(60-40-36-54(37-41-60)49-66(57-26-15-8-16-27-57)58-28-17-9-18-29-58)63-31-20-19-30-62(63)72(64)59-38-34-53(35-39-59)48-65(55-22-11-6-12-23-55)56-24-13-7-14-25-56/h4-50H,2-3H2,1H3/b5-4-,21-10-,33-32-. The molecule has 0 unspecified atom stereocenters. The first-order valence-electron chi connectivity index (χ1n) is 25.4. The Hall–Kier alpha value is -8.92. The quantitative estimate of drug-likeness (QED) is 0.0545. The molecule has 0 aliphatic rings. The third-order valence-electron chi connectivity index (χ3n) is 13.6. The summed E-state index contributed by atoms with van der Waals surface area (Å²) in [5.74, 6) is 0. The Morgan fingerprint density at radius 3 is 1.29 bits per heavy atom. The monoisotopic (exact) mass is 994 g/mol. The summed E-state index contributed by atoms with van der Waals surface area (Å²) in [4.78, 5) is 4.84. The number of rotatable bonds is 15. The van der Waals surface area contributed by atoms with E-state index in [1.807, 2.05) is 48.6 Å². The first-order chi connectivity index (χ1) is 37.0. The fraction of sp³-hybridized carbons (Fsp3) is 0.0137. The molecule has 2 aromatic heterocycles. The molecule has 0 saturated carbocycles. The van der Waals surface area contributed by atoms with Crippen LogP contribution in [0.25, 0.3) is 92.9 Å². The van der Waals surface area contributed by atoms with Gasteiger partial charge in [-0.2, -0.15) is 0 Å². The molecule has 0 fully saturated rings. The van der Waals surface area contributed by atoms with Crippen LogP contribution in [-0.2, 0) is 0 Å². The van der Waals surface area contributed by atoms with Gasteiger partial charge in [-0.15, -0.1) is 22.7 Å². The minimum Gasteiger partial charge on any atom is -0.134 e. The van der Waals surface area contributed by atoms with Crippen LogP contribution >= 0.6 is 22.7 Å². The molecule has 358 valence electrons. The molecule has 11 aromatic rings. The average molecular weight is 995 g/mol. The lowest BCUT2D eigenvalue weighted by Gasteiger charge is -2.19. The van der Waals surface area contributed by atoms with Crippen molar-refractivity contribution < 1.29 is 0 Å². The lowest BCUT2D eigenvalue weighted by molar-refractivity contribution is 1.55. The van der Waals surface area contributed by atoms with Crippen LogP contribution in [0.2, 0.25) is 0 Å². The third kappa shape index (κ3) is 10.8. The number of allylic oxidation sites excluding steroid dienone is 8. The molecule has 0 spiro atoms. The number of fused-ring (bicyclic) bond motifs is 2. The number of hydrogen-bond donors (Lipinski definition) is 0. The van der Waals surface area contributed by atoms with E-state index in [0.29, 0.717) is 0 Å². The lowest BCUT2D eigenvalue weighted by atomic mass is 9.85. The van der Waals surface area contributed by atoms with Gasteiger partial charge in [0.25, 0.3) is 0 Å². The van der Waals surface area contributed by atoms with Crippen LogP contribution in [0.5, 0.6) is 0 Å². The Balaban J connectivity index is 1.01. The van der Waals surface area contributed by atoms with Crippen LogP contribution < -0.4 is 0 Å². The van der Waals surface area contributed by atoms with Gasteiger partial charge in [-0.3, -0.25) is 0 Å². The summed E-state index contributed by atoms with van der Waals surface area (Å²) < 4.78 is 0. The van der Waals surface area contributed by atoms with Crippen LogP contribution in [0.3, 0.4) is 0 Å². The predicted molar refractivity (Wildman–Crippen MR) is 330 cm³/mol. The summed E-state index contributed by atoms with van der Waals surface area (Å²) in [7, 11) is 0. The molecule has 9 aromatic carbocycles. The number of benzene rings is 9. The van der Waals surface area contributed by atoms with Crippen molar-refractivity contribution in [2.24, 2.45) is 0 Å². The summed E-state index contributed by atoms with van der Waals surface area (Å²) in [6.07, 6.45) is 16.7. The van der Waals surface area contributed by atoms with Gasteiger partial charge in [0.05, 0.1) is 0 Å². The second-order valence-corrected chi connectivity index (χ2v) is 20.7. The van der Waals surface area contributed by atoms with E-state index in [0.717, 1.165) is 27.2 Å². The topological polar surface area (TPSA) is 0 Å². The zero-order valence-electron chi connectivity index (χ0n) is 41.9. The van der Waals surface area contributed by atoms with Crippen molar-refractivity contribution in [2.45, 2.75) is 6.92 Å². The largest absolute Gasteiger partial charge is 0.134 e. The lowest BCUT2D eigenvalue weighted by Crippen LogP contribution is -1.92. The summed E-state index contributed by atoms with van der Waals surface area (Å²) in [6.45, 7) is 10.6. The van der Waals surface area contributed by atoms with Crippen molar-refractivity contribution >= 4 is 73.1 Å². The van der Waals surface area contributed by atoms with Gasteiger partial charge in [0.15, 0.2) is 0 Å². The van der Waals surface area contributed by atoms with E-state index in [4.69, 9.17) is 0 Å². The summed E-state index contributed by atoms with van der Waals surface area (Å²) >= 11 is 3.61. The molecule has 0 aliphatic carbocycles. The molecule has 0 saturated heterocycles. The first kappa shape index (κ1) is 48.4. The molecule has 75 heavy (non-hydrogen) atoms. The van der Waals surface area contributed by atoms with Crippen LogP contribution in [0.15, 0.2) is 292 Å². The molecule has 2 heterocycles. The van der Waals surface area contributed by atoms with Crippen molar-refractivity contribution in [2.75, 3.05) is 0 Å². The van der Waals surface area contributed by atoms with Crippen LogP contribution in [0.4, 0.5) is 0 Å². The van der Waals surface area contributed by atoms with Gasteiger partial charge in [-0.05, 0) is 154 Å². The maximum Gasteiger partial charge on any atom is 0.0449 e. The number of thiophene rings is 2. The summed E-state index contributed by atoms with van der Waals surface area (Å²) in [5, 5.41) is 4.88. The zero-order valence-corrected chi connectivity index (χ0v) is 43.5. The molecule has 0 nitrogen and oxygen atoms in total. The maximum atomic E-state index is 4.39. The Morgan fingerprint density at radius 2 is 0.787 bits per heavy atom. The van der Waals surface area contributed by atoms with Gasteiger partial charge in [0.1, 0.15) is 0 Å². The van der Waals surface area contributed by atoms with Gasteiger partial charge in [-0.1, -0.05) is 256 Å². The van der Waals surface area contributed by atoms with Crippen molar-refractivity contribution in [1.82, 2.24) is 0 Å². The van der Waals surface area contributed by atoms with Gasteiger partial charge in [0, 0.05) is 19.5 Å². The average Bonchev–Trinajstić information content (AvgIpc) is 4.18. The molecule has 0 amide bonds. The van der Waals surface area contributed by atoms with E-state index in [-0.39, 0.29) is 0 Å². The van der Waals surface area contributed by atoms with Crippen molar-refractivity contribution in [1.29, 1.82) is 0 Å². The molecular weight excluding hydrogens is 941 g/mol. The highest BCUT2D eigenvalue weighted by atomic mass is 32.1. The SMILES string of the molecule is C=C(/C=C\C=C/C)/C=C\C(=C)c1ccc(-c2ccc(-c3ccc4c(-c5ccc(C=C(c6ccccc6)c6ccccc6)cc5)c5ccccc5c(-c5ccc(C=C(c6ccccc6)c6ccccc6)cc5)c4c3)s2)s1. The minimum absolute atomic E-state index is 0.931. The molecule has 11 rings (SSSR count). The van der Waals surface area contributed by atoms with E-state index < -0.39 is 0 Å². The first-order valence-corrected chi connectivity index (χ1v) is 27.0. The minimum atomic E-state index is 0.931. The maximum absolute atomic E-state index is 4.39. The third-order valence-corrected chi connectivity index (χ3v) is 16.0. The van der Waals surface area contributed by atoms with Crippen LogP contribution in [0, 0.1) is 0 Å². The Labute approximate surface area is 449 Å². The van der Waals surface area contributed by atoms with Gasteiger partial charge < -0.3 is 0 Å². The van der Waals surface area contributed by atoms with E-state index >= 15 is 0 Å². The summed E-state index contributed by atoms with van der Waals surface area (Å²) in [6, 6.07) is 86.0. The van der Waals surface area contributed by atoms with Crippen LogP contribution in [0.1, 0.15) is 45.2 Å². The predicted octanol–water partition coefficient (Wildman–Crippen LogP) is 21.2. The van der Waals surface area contributed by atoms with E-state index in [1.165, 1.54) is 97.4 Å². The highest BCUT2D eigenvalue weighted by Crippen LogP contribution is 2.47. The van der Waals surface area contributed by atoms with Crippen LogP contribution in [-0.4, -0.2) is 0 Å². The smallest absolute Gasteiger partial charge is 0.0449 e. The van der Waals surface area contributed by atoms with Crippen molar-refractivity contribution in [3.8, 4) is 42.4 Å². The van der Waals surface area contributed by atoms with Gasteiger partial charge >= 0.3 is 0 Å². The fourth-order valence-corrected chi connectivity index (χ4v) is 11.9. The van der Waals surface area contributed by atoms with Gasteiger partial charge in [-0.25, -0.2) is 0 Å². The molecular formula is C73H54S2. The zero-order chi connectivity index (χ0) is 50.9. The highest BCUT2D eigenvalue weighted by Gasteiger charge is 2.19. The number of hydrogen-bond acceptors (Lipinski definition) is 2. The van der Waals surface area contributed by atoms with Crippen molar-refractivity contribution in [3.05, 3.63) is 330 Å². The van der Waals surface area contributed by atoms with E-state index in [1.54, 1.807) is 11.3 Å². The molecule has 0 aliphatic heterocycles.